The van der Waals surface area contributed by atoms with Gasteiger partial charge in [0.25, 0.3) is 5.91 Å². The first-order valence-corrected chi connectivity index (χ1v) is 7.78. The molecule has 2 rings (SSSR count). The molecule has 0 aromatic carbocycles. The van der Waals surface area contributed by atoms with Gasteiger partial charge in [0.1, 0.15) is 0 Å². The number of hydrogen-bond acceptors (Lipinski definition) is 2. The van der Waals surface area contributed by atoms with Crippen molar-refractivity contribution in [2.24, 2.45) is 0 Å². The molecule has 6 heteroatoms. The first kappa shape index (κ1) is 12.1. The fourth-order valence-corrected chi connectivity index (χ4v) is 4.89. The molecule has 1 fully saturated rings. The van der Waals surface area contributed by atoms with Gasteiger partial charge in [0.2, 0.25) is 0 Å². The van der Waals surface area contributed by atoms with E-state index in [0.29, 0.717) is 4.83 Å². The van der Waals surface area contributed by atoms with Gasteiger partial charge < -0.3 is 4.90 Å². The largest absolute Gasteiger partial charge is 0.337 e. The highest BCUT2D eigenvalue weighted by molar-refractivity contribution is 9.12. The normalized spacial score (nSPS) is 21.0. The molecular formula is C9H8Br3NOS. The van der Waals surface area contributed by atoms with Gasteiger partial charge in [-0.3, -0.25) is 4.79 Å². The molecule has 0 spiro atoms. The van der Waals surface area contributed by atoms with Crippen molar-refractivity contribution >= 4 is 65.0 Å². The summed E-state index contributed by atoms with van der Waals surface area (Å²) in [4.78, 5) is 14.4. The Morgan fingerprint density at radius 3 is 2.73 bits per heavy atom. The lowest BCUT2D eigenvalue weighted by atomic mass is 10.3. The molecule has 1 atom stereocenters. The van der Waals surface area contributed by atoms with E-state index in [1.807, 2.05) is 11.0 Å². The minimum atomic E-state index is 0.116. The summed E-state index contributed by atoms with van der Waals surface area (Å²) >= 11 is 11.9. The molecule has 1 unspecified atom stereocenters. The minimum Gasteiger partial charge on any atom is -0.337 e. The van der Waals surface area contributed by atoms with Gasteiger partial charge >= 0.3 is 0 Å². The topological polar surface area (TPSA) is 20.3 Å². The average Bonchev–Trinajstić information content (AvgIpc) is 2.71. The van der Waals surface area contributed by atoms with Crippen LogP contribution < -0.4 is 0 Å². The van der Waals surface area contributed by atoms with Crippen molar-refractivity contribution in [1.29, 1.82) is 0 Å². The van der Waals surface area contributed by atoms with Crippen LogP contribution in [0.4, 0.5) is 0 Å². The van der Waals surface area contributed by atoms with Gasteiger partial charge in [0.05, 0.1) is 13.1 Å². The quantitative estimate of drug-likeness (QED) is 0.635. The lowest BCUT2D eigenvalue weighted by Crippen LogP contribution is -2.28. The van der Waals surface area contributed by atoms with E-state index < -0.39 is 0 Å². The third-order valence-electron chi connectivity index (χ3n) is 2.31. The lowest BCUT2D eigenvalue weighted by molar-refractivity contribution is 0.0793. The molecule has 0 bridgehead atoms. The van der Waals surface area contributed by atoms with Gasteiger partial charge in [-0.2, -0.15) is 0 Å². The van der Waals surface area contributed by atoms with Crippen molar-refractivity contribution in [2.75, 3.05) is 13.1 Å². The number of carbonyl (C=O) groups excluding carboxylic acids is 1. The first-order chi connectivity index (χ1) is 7.08. The van der Waals surface area contributed by atoms with Crippen molar-refractivity contribution in [3.63, 3.8) is 0 Å². The molecule has 0 radical (unpaired) electrons. The number of likely N-dealkylation sites (tertiary alicyclic amines) is 1. The Labute approximate surface area is 117 Å². The second kappa shape index (κ2) is 4.85. The fourth-order valence-electron chi connectivity index (χ4n) is 1.56. The fraction of sp³-hybridized carbons (Fsp3) is 0.444. The van der Waals surface area contributed by atoms with Gasteiger partial charge in [-0.05, 0) is 44.3 Å². The SMILES string of the molecule is O=C(c1cc(Br)sc1Br)N1CCC(Br)C1. The molecule has 2 nitrogen and oxygen atoms in total. The summed E-state index contributed by atoms with van der Waals surface area (Å²) in [5.41, 5.74) is 0.758. The average molecular weight is 418 g/mol. The minimum absolute atomic E-state index is 0.116. The summed E-state index contributed by atoms with van der Waals surface area (Å²) in [6.07, 6.45) is 1.04. The van der Waals surface area contributed by atoms with E-state index in [1.54, 1.807) is 0 Å². The molecule has 15 heavy (non-hydrogen) atoms. The summed E-state index contributed by atoms with van der Waals surface area (Å²) in [6.45, 7) is 1.65. The van der Waals surface area contributed by atoms with Gasteiger partial charge in [0, 0.05) is 17.9 Å². The smallest absolute Gasteiger partial charge is 0.255 e. The Kier molecular flexibility index (Phi) is 3.91. The zero-order valence-electron chi connectivity index (χ0n) is 7.67. The number of rotatable bonds is 1. The number of halogens is 3. The van der Waals surface area contributed by atoms with Crippen LogP contribution >= 0.6 is 59.1 Å². The van der Waals surface area contributed by atoms with Crippen molar-refractivity contribution in [2.45, 2.75) is 11.2 Å². The summed E-state index contributed by atoms with van der Waals surface area (Å²) in [5, 5.41) is 0. The number of nitrogens with zero attached hydrogens (tertiary/aromatic N) is 1. The van der Waals surface area contributed by atoms with E-state index in [4.69, 9.17) is 0 Å². The number of alkyl halides is 1. The predicted molar refractivity (Wildman–Crippen MR) is 73.0 cm³/mol. The molecule has 0 aliphatic carbocycles. The lowest BCUT2D eigenvalue weighted by Gasteiger charge is -2.14. The first-order valence-electron chi connectivity index (χ1n) is 4.46. The van der Waals surface area contributed by atoms with Crippen molar-refractivity contribution in [3.05, 3.63) is 19.2 Å². The number of carbonyl (C=O) groups is 1. The molecule has 1 aromatic rings. The Bertz CT molecular complexity index is 393. The molecule has 1 aliphatic rings. The molecule has 2 heterocycles. The zero-order chi connectivity index (χ0) is 11.0. The van der Waals surface area contributed by atoms with E-state index in [2.05, 4.69) is 47.8 Å². The standard InChI is InChI=1S/C9H8Br3NOS/c10-5-1-2-13(4-5)9(14)6-3-7(11)15-8(6)12/h3,5H,1-2,4H2. The molecule has 1 aliphatic heterocycles. The maximum absolute atomic E-state index is 12.1. The molecule has 1 saturated heterocycles. The van der Waals surface area contributed by atoms with Crippen molar-refractivity contribution in [3.8, 4) is 0 Å². The third kappa shape index (κ3) is 2.65. The van der Waals surface area contributed by atoms with Crippen LogP contribution in [0.5, 0.6) is 0 Å². The van der Waals surface area contributed by atoms with Gasteiger partial charge in [-0.1, -0.05) is 15.9 Å². The summed E-state index contributed by atoms with van der Waals surface area (Å²) in [5.74, 6) is 0.116. The van der Waals surface area contributed by atoms with Crippen LogP contribution in [-0.2, 0) is 0 Å². The zero-order valence-corrected chi connectivity index (χ0v) is 13.2. The van der Waals surface area contributed by atoms with Crippen LogP contribution in [0.25, 0.3) is 0 Å². The third-order valence-corrected chi connectivity index (χ3v) is 5.39. The van der Waals surface area contributed by atoms with Crippen LogP contribution in [0.1, 0.15) is 16.8 Å². The summed E-state index contributed by atoms with van der Waals surface area (Å²) < 4.78 is 1.88. The highest BCUT2D eigenvalue weighted by Crippen LogP contribution is 2.33. The van der Waals surface area contributed by atoms with E-state index >= 15 is 0 Å². The summed E-state index contributed by atoms with van der Waals surface area (Å²) in [6, 6.07) is 1.87. The number of thiophene rings is 1. The second-order valence-electron chi connectivity index (χ2n) is 3.38. The van der Waals surface area contributed by atoms with Gasteiger partial charge in [-0.25, -0.2) is 0 Å². The van der Waals surface area contributed by atoms with Crippen LogP contribution in [0.2, 0.25) is 0 Å². The van der Waals surface area contributed by atoms with E-state index in [9.17, 15) is 4.79 Å². The van der Waals surface area contributed by atoms with Crippen molar-refractivity contribution < 1.29 is 4.79 Å². The highest BCUT2D eigenvalue weighted by Gasteiger charge is 2.27. The Morgan fingerprint density at radius 1 is 1.53 bits per heavy atom. The van der Waals surface area contributed by atoms with Crippen LogP contribution in [0.3, 0.4) is 0 Å². The monoisotopic (exact) mass is 415 g/mol. The maximum atomic E-state index is 12.1. The molecule has 0 N–H and O–H groups in total. The highest BCUT2D eigenvalue weighted by atomic mass is 79.9. The van der Waals surface area contributed by atoms with Crippen LogP contribution in [0, 0.1) is 0 Å². The van der Waals surface area contributed by atoms with E-state index in [0.717, 1.165) is 32.6 Å². The number of amides is 1. The summed E-state index contributed by atoms with van der Waals surface area (Å²) in [7, 11) is 0. The molecule has 82 valence electrons. The molecule has 1 aromatic heterocycles. The molecular weight excluding hydrogens is 410 g/mol. The van der Waals surface area contributed by atoms with Gasteiger partial charge in [0.15, 0.2) is 0 Å². The van der Waals surface area contributed by atoms with E-state index in [1.165, 1.54) is 11.3 Å². The number of hydrogen-bond donors (Lipinski definition) is 0. The van der Waals surface area contributed by atoms with Crippen LogP contribution in [0.15, 0.2) is 13.6 Å². The van der Waals surface area contributed by atoms with Crippen molar-refractivity contribution in [1.82, 2.24) is 4.90 Å². The maximum Gasteiger partial charge on any atom is 0.255 e. The Balaban J connectivity index is 2.17. The van der Waals surface area contributed by atoms with E-state index in [-0.39, 0.29) is 5.91 Å². The van der Waals surface area contributed by atoms with Gasteiger partial charge in [-0.15, -0.1) is 11.3 Å². The molecule has 1 amide bonds. The second-order valence-corrected chi connectivity index (χ2v) is 8.42. The predicted octanol–water partition coefficient (Wildman–Crippen LogP) is 3.88. The van der Waals surface area contributed by atoms with Crippen LogP contribution in [-0.4, -0.2) is 28.7 Å². The Morgan fingerprint density at radius 2 is 2.27 bits per heavy atom. The Hall–Kier alpha value is 0.610. The molecule has 0 saturated carbocycles.